The molecule has 9 heteroatoms. The lowest BCUT2D eigenvalue weighted by atomic mass is 9.67. The number of carbonyl (C=O) groups excluding carboxylic acids is 2. The number of nitrogens with zero attached hydrogens (tertiary/aromatic N) is 3. The first-order valence-electron chi connectivity index (χ1n) is 9.85. The predicted octanol–water partition coefficient (Wildman–Crippen LogP) is 3.11. The van der Waals surface area contributed by atoms with Crippen molar-refractivity contribution in [2.45, 2.75) is 12.3 Å². The van der Waals surface area contributed by atoms with Gasteiger partial charge in [0.2, 0.25) is 5.91 Å². The minimum absolute atomic E-state index is 0.0390. The van der Waals surface area contributed by atoms with Crippen LogP contribution in [-0.2, 0) is 19.7 Å². The normalized spacial score (nSPS) is 21.8. The van der Waals surface area contributed by atoms with Crippen molar-refractivity contribution in [1.82, 2.24) is 0 Å². The molecule has 3 aliphatic heterocycles. The van der Waals surface area contributed by atoms with Crippen molar-refractivity contribution >= 4 is 34.9 Å². The molecule has 7 nitrogen and oxygen atoms in total. The molecule has 1 spiro atoms. The van der Waals surface area contributed by atoms with E-state index in [9.17, 15) is 19.2 Å². The zero-order valence-electron chi connectivity index (χ0n) is 16.9. The number of hydrogen-bond donors (Lipinski definition) is 1. The lowest BCUT2D eigenvalue weighted by Gasteiger charge is -2.38. The van der Waals surface area contributed by atoms with E-state index in [1.807, 2.05) is 6.92 Å². The number of anilines is 2. The van der Waals surface area contributed by atoms with Crippen LogP contribution >= 0.6 is 11.6 Å². The Morgan fingerprint density at radius 1 is 1.28 bits per heavy atom. The van der Waals surface area contributed by atoms with Crippen LogP contribution in [0.1, 0.15) is 12.5 Å². The molecule has 160 valence electrons. The maximum atomic E-state index is 13.9. The Morgan fingerprint density at radius 2 is 2.03 bits per heavy atom. The van der Waals surface area contributed by atoms with Gasteiger partial charge in [0.25, 0.3) is 0 Å². The van der Waals surface area contributed by atoms with Gasteiger partial charge in [-0.3, -0.25) is 9.69 Å². The summed E-state index contributed by atoms with van der Waals surface area (Å²) in [6, 6.07) is 13.0. The zero-order chi connectivity index (χ0) is 22.8. The molecule has 0 bridgehead atoms. The Bertz CT molecular complexity index is 1330. The summed E-state index contributed by atoms with van der Waals surface area (Å²) in [7, 11) is 0. The van der Waals surface area contributed by atoms with Gasteiger partial charge in [0.05, 0.1) is 21.9 Å². The van der Waals surface area contributed by atoms with Crippen molar-refractivity contribution in [1.29, 1.82) is 5.26 Å². The third-order valence-corrected chi connectivity index (χ3v) is 6.39. The van der Waals surface area contributed by atoms with Gasteiger partial charge in [-0.2, -0.15) is 5.26 Å². The monoisotopic (exact) mass is 450 g/mol. The van der Waals surface area contributed by atoms with Crippen molar-refractivity contribution in [3.05, 3.63) is 81.5 Å². The molecular weight excluding hydrogens is 435 g/mol. The van der Waals surface area contributed by atoms with Crippen LogP contribution in [0.15, 0.2) is 65.1 Å². The molecule has 3 aliphatic rings. The fourth-order valence-corrected chi connectivity index (χ4v) is 5.00. The topological polar surface area (TPSA) is 99.7 Å². The smallest absolute Gasteiger partial charge is 0.338 e. The van der Waals surface area contributed by atoms with Crippen molar-refractivity contribution in [2.24, 2.45) is 5.73 Å². The second kappa shape index (κ2) is 6.84. The maximum Gasteiger partial charge on any atom is 0.338 e. The second-order valence-corrected chi connectivity index (χ2v) is 7.93. The first-order valence-corrected chi connectivity index (χ1v) is 10.2. The number of hydrogen-bond acceptors (Lipinski definition) is 6. The number of para-hydroxylation sites is 1. The largest absolute Gasteiger partial charge is 0.456 e. The number of carbonyl (C=O) groups is 2. The highest BCUT2D eigenvalue weighted by atomic mass is 35.5. The number of nitrogens with two attached hydrogens (primary N) is 1. The number of cyclic esters (lactones) is 1. The summed E-state index contributed by atoms with van der Waals surface area (Å²) < 4.78 is 19.1. The number of rotatable bonds is 2. The molecule has 2 aromatic rings. The van der Waals surface area contributed by atoms with Crippen molar-refractivity contribution in [3.63, 3.8) is 0 Å². The van der Waals surface area contributed by atoms with Gasteiger partial charge in [0, 0.05) is 23.5 Å². The van der Waals surface area contributed by atoms with E-state index < -0.39 is 23.1 Å². The summed E-state index contributed by atoms with van der Waals surface area (Å²) in [5, 5.41) is 10.1. The van der Waals surface area contributed by atoms with Gasteiger partial charge in [-0.25, -0.2) is 9.18 Å². The molecule has 1 atom stereocenters. The molecule has 2 N–H and O–H groups in total. The third kappa shape index (κ3) is 2.29. The van der Waals surface area contributed by atoms with E-state index in [0.29, 0.717) is 29.2 Å². The standard InChI is InChI=1S/C23H16ClFN4O3/c1-2-28-17-6-4-3-5-13(17)23(22(28)31)14(10-26)20(27)29(18-11-32-21(30)19(18)23)12-7-8-16(25)15(24)9-12/h3-9H,2,11,27H2,1H3. The molecule has 0 saturated heterocycles. The van der Waals surface area contributed by atoms with E-state index in [2.05, 4.69) is 6.07 Å². The first kappa shape index (κ1) is 20.1. The average Bonchev–Trinajstić information content (AvgIpc) is 3.27. The molecule has 2 aromatic carbocycles. The highest BCUT2D eigenvalue weighted by Gasteiger charge is 2.63. The predicted molar refractivity (Wildman–Crippen MR) is 115 cm³/mol. The second-order valence-electron chi connectivity index (χ2n) is 7.52. The lowest BCUT2D eigenvalue weighted by Crippen LogP contribution is -2.50. The van der Waals surface area contributed by atoms with Crippen LogP contribution in [0.4, 0.5) is 15.8 Å². The number of ether oxygens (including phenoxy) is 1. The fourth-order valence-electron chi connectivity index (χ4n) is 4.83. The molecule has 1 amide bonds. The van der Waals surface area contributed by atoms with E-state index in [1.165, 1.54) is 21.9 Å². The Labute approximate surface area is 187 Å². The van der Waals surface area contributed by atoms with Crippen molar-refractivity contribution in [2.75, 3.05) is 23.0 Å². The summed E-state index contributed by atoms with van der Waals surface area (Å²) >= 11 is 5.97. The van der Waals surface area contributed by atoms with Crippen LogP contribution < -0.4 is 15.5 Å². The van der Waals surface area contributed by atoms with E-state index in [1.54, 1.807) is 24.3 Å². The molecular formula is C23H16ClFN4O3. The quantitative estimate of drug-likeness (QED) is 0.706. The molecule has 0 saturated carbocycles. The van der Waals surface area contributed by atoms with Gasteiger partial charge < -0.3 is 15.4 Å². The van der Waals surface area contributed by atoms with Crippen molar-refractivity contribution < 1.29 is 18.7 Å². The summed E-state index contributed by atoms with van der Waals surface area (Å²) in [5.41, 5.74) is 6.48. The Balaban J connectivity index is 1.87. The Hall–Kier alpha value is -3.83. The minimum Gasteiger partial charge on any atom is -0.456 e. The Morgan fingerprint density at radius 3 is 2.72 bits per heavy atom. The van der Waals surface area contributed by atoms with Crippen LogP contribution in [0.25, 0.3) is 0 Å². The summed E-state index contributed by atoms with van der Waals surface area (Å²) in [5.74, 6) is -1.82. The molecule has 0 aromatic heterocycles. The third-order valence-electron chi connectivity index (χ3n) is 6.10. The summed E-state index contributed by atoms with van der Waals surface area (Å²) in [4.78, 5) is 29.9. The summed E-state index contributed by atoms with van der Waals surface area (Å²) in [6.07, 6.45) is 0. The van der Waals surface area contributed by atoms with E-state index >= 15 is 0 Å². The van der Waals surface area contributed by atoms with Crippen molar-refractivity contribution in [3.8, 4) is 6.07 Å². The van der Waals surface area contributed by atoms with E-state index in [-0.39, 0.29) is 28.6 Å². The SMILES string of the molecule is CCN1C(=O)C2(C(C#N)=C(N)N(c3ccc(F)c(Cl)c3)C3=C2C(=O)OC3)c2ccccc21. The number of nitriles is 1. The summed E-state index contributed by atoms with van der Waals surface area (Å²) in [6.45, 7) is 1.99. The number of likely N-dealkylation sites (N-methyl/N-ethyl adjacent to an activating group) is 1. The fraction of sp³-hybridized carbons (Fsp3) is 0.174. The van der Waals surface area contributed by atoms with Crippen LogP contribution in [0.3, 0.4) is 0 Å². The average molecular weight is 451 g/mol. The molecule has 0 fully saturated rings. The number of esters is 1. The minimum atomic E-state index is -1.71. The van der Waals surface area contributed by atoms with E-state index in [0.717, 1.165) is 6.07 Å². The number of amides is 1. The van der Waals surface area contributed by atoms with Gasteiger partial charge in [0.1, 0.15) is 29.7 Å². The van der Waals surface area contributed by atoms with Gasteiger partial charge in [0.15, 0.2) is 0 Å². The number of halogens is 2. The van der Waals surface area contributed by atoms with Gasteiger partial charge in [-0.05, 0) is 31.2 Å². The highest BCUT2D eigenvalue weighted by Crippen LogP contribution is 2.56. The lowest BCUT2D eigenvalue weighted by molar-refractivity contribution is -0.137. The maximum absolute atomic E-state index is 13.9. The Kier molecular flexibility index (Phi) is 4.29. The number of benzene rings is 2. The molecule has 5 rings (SSSR count). The molecule has 32 heavy (non-hydrogen) atoms. The highest BCUT2D eigenvalue weighted by molar-refractivity contribution is 6.31. The number of fused-ring (bicyclic) bond motifs is 3. The van der Waals surface area contributed by atoms with Crippen LogP contribution in [0.5, 0.6) is 0 Å². The van der Waals surface area contributed by atoms with Gasteiger partial charge >= 0.3 is 5.97 Å². The van der Waals surface area contributed by atoms with Crippen LogP contribution in [0.2, 0.25) is 5.02 Å². The van der Waals surface area contributed by atoms with Gasteiger partial charge in [-0.1, -0.05) is 29.8 Å². The molecule has 0 radical (unpaired) electrons. The molecule has 0 aliphatic carbocycles. The molecule has 3 heterocycles. The first-order chi connectivity index (χ1) is 15.4. The zero-order valence-corrected chi connectivity index (χ0v) is 17.6. The molecule has 1 unspecified atom stereocenters. The van der Waals surface area contributed by atoms with Crippen LogP contribution in [0, 0.1) is 17.1 Å². The van der Waals surface area contributed by atoms with Crippen LogP contribution in [-0.4, -0.2) is 25.0 Å². The van der Waals surface area contributed by atoms with E-state index in [4.69, 9.17) is 22.1 Å². The van der Waals surface area contributed by atoms with Gasteiger partial charge in [-0.15, -0.1) is 0 Å².